The fourth-order valence-electron chi connectivity index (χ4n) is 3.44. The second kappa shape index (κ2) is 9.28. The van der Waals surface area contributed by atoms with Crippen LogP contribution in [-0.4, -0.2) is 47.0 Å². The minimum Gasteiger partial charge on any atom is -0.378 e. The van der Waals surface area contributed by atoms with Gasteiger partial charge in [0.05, 0.1) is 31.0 Å². The van der Waals surface area contributed by atoms with E-state index < -0.39 is 0 Å². The highest BCUT2D eigenvalue weighted by molar-refractivity contribution is 6.33. The Kier molecular flexibility index (Phi) is 6.30. The van der Waals surface area contributed by atoms with E-state index in [4.69, 9.17) is 16.3 Å². The monoisotopic (exact) mass is 425 g/mol. The van der Waals surface area contributed by atoms with Crippen LogP contribution in [0.1, 0.15) is 27.2 Å². The smallest absolute Gasteiger partial charge is 0.256 e. The van der Waals surface area contributed by atoms with Crippen molar-refractivity contribution in [2.24, 2.45) is 0 Å². The highest BCUT2D eigenvalue weighted by Gasteiger charge is 2.20. The number of carbonyl (C=O) groups excluding carboxylic acids is 1. The molecule has 3 heterocycles. The SMILES string of the molecule is Cc1nn(Cc2ccccc2)c(Cl)c1C(=O)NCc1ccc(N2CCOCC2)nc1. The lowest BCUT2D eigenvalue weighted by molar-refractivity contribution is 0.0950. The maximum absolute atomic E-state index is 12.7. The molecule has 0 spiro atoms. The Hall–Kier alpha value is -2.90. The Bertz CT molecular complexity index is 998. The lowest BCUT2D eigenvalue weighted by atomic mass is 10.2. The van der Waals surface area contributed by atoms with E-state index in [2.05, 4.69) is 20.3 Å². The fraction of sp³-hybridized carbons (Fsp3) is 0.318. The molecule has 1 fully saturated rings. The predicted molar refractivity (Wildman–Crippen MR) is 116 cm³/mol. The molecule has 4 rings (SSSR count). The number of aryl methyl sites for hydroxylation is 1. The molecule has 1 N–H and O–H groups in total. The van der Waals surface area contributed by atoms with Crippen molar-refractivity contribution in [2.75, 3.05) is 31.2 Å². The summed E-state index contributed by atoms with van der Waals surface area (Å²) in [5.41, 5.74) is 3.01. The highest BCUT2D eigenvalue weighted by Crippen LogP contribution is 2.21. The molecule has 0 unspecified atom stereocenters. The third-order valence-electron chi connectivity index (χ3n) is 5.06. The molecule has 0 aliphatic carbocycles. The molecule has 0 radical (unpaired) electrons. The van der Waals surface area contributed by atoms with E-state index in [1.54, 1.807) is 17.8 Å². The lowest BCUT2D eigenvalue weighted by Gasteiger charge is -2.27. The van der Waals surface area contributed by atoms with Gasteiger partial charge in [0.25, 0.3) is 5.91 Å². The first-order valence-corrected chi connectivity index (χ1v) is 10.3. The Morgan fingerprint density at radius 2 is 1.90 bits per heavy atom. The van der Waals surface area contributed by atoms with Gasteiger partial charge in [0.15, 0.2) is 0 Å². The number of pyridine rings is 1. The largest absolute Gasteiger partial charge is 0.378 e. The van der Waals surface area contributed by atoms with Gasteiger partial charge in [0.1, 0.15) is 11.0 Å². The number of benzene rings is 1. The molecule has 1 aliphatic heterocycles. The molecule has 7 nitrogen and oxygen atoms in total. The Balaban J connectivity index is 1.39. The van der Waals surface area contributed by atoms with Gasteiger partial charge in [-0.1, -0.05) is 48.0 Å². The zero-order valence-corrected chi connectivity index (χ0v) is 17.6. The van der Waals surface area contributed by atoms with Gasteiger partial charge in [-0.05, 0) is 24.1 Å². The van der Waals surface area contributed by atoms with Gasteiger partial charge in [0, 0.05) is 25.8 Å². The molecule has 30 heavy (non-hydrogen) atoms. The number of amides is 1. The number of ether oxygens (including phenoxy) is 1. The molecule has 156 valence electrons. The van der Waals surface area contributed by atoms with Crippen LogP contribution in [0.5, 0.6) is 0 Å². The number of nitrogens with one attached hydrogen (secondary N) is 1. The molecule has 0 atom stereocenters. The number of hydrogen-bond donors (Lipinski definition) is 1. The molecule has 1 aliphatic rings. The van der Waals surface area contributed by atoms with Gasteiger partial charge in [-0.3, -0.25) is 4.79 Å². The van der Waals surface area contributed by atoms with Gasteiger partial charge >= 0.3 is 0 Å². The molecule has 1 amide bonds. The van der Waals surface area contributed by atoms with E-state index in [0.717, 1.165) is 43.2 Å². The molecular weight excluding hydrogens is 402 g/mol. The fourth-order valence-corrected chi connectivity index (χ4v) is 3.76. The minimum absolute atomic E-state index is 0.242. The summed E-state index contributed by atoms with van der Waals surface area (Å²) in [4.78, 5) is 19.5. The average Bonchev–Trinajstić information content (AvgIpc) is 3.06. The predicted octanol–water partition coefficient (Wildman–Crippen LogP) is 3.05. The molecule has 3 aromatic rings. The van der Waals surface area contributed by atoms with Crippen molar-refractivity contribution in [1.29, 1.82) is 0 Å². The number of anilines is 1. The van der Waals surface area contributed by atoms with Crippen molar-refractivity contribution in [3.05, 3.63) is 76.2 Å². The quantitative estimate of drug-likeness (QED) is 0.657. The molecule has 8 heteroatoms. The van der Waals surface area contributed by atoms with E-state index >= 15 is 0 Å². The summed E-state index contributed by atoms with van der Waals surface area (Å²) in [7, 11) is 0. The van der Waals surface area contributed by atoms with Crippen LogP contribution in [0.3, 0.4) is 0 Å². The van der Waals surface area contributed by atoms with Crippen LogP contribution in [0, 0.1) is 6.92 Å². The second-order valence-electron chi connectivity index (χ2n) is 7.20. The van der Waals surface area contributed by atoms with Crippen molar-refractivity contribution in [2.45, 2.75) is 20.0 Å². The normalized spacial score (nSPS) is 14.0. The molecular formula is C22H24ClN5O2. The summed E-state index contributed by atoms with van der Waals surface area (Å²) in [6, 6.07) is 13.8. The Morgan fingerprint density at radius 3 is 2.60 bits per heavy atom. The number of rotatable bonds is 6. The summed E-state index contributed by atoms with van der Waals surface area (Å²) in [5, 5.41) is 7.71. The van der Waals surface area contributed by atoms with Gasteiger partial charge in [-0.15, -0.1) is 0 Å². The van der Waals surface area contributed by atoms with Crippen LogP contribution in [0.15, 0.2) is 48.7 Å². The summed E-state index contributed by atoms with van der Waals surface area (Å²) < 4.78 is 7.02. The molecule has 0 bridgehead atoms. The number of carbonyl (C=O) groups is 1. The third kappa shape index (κ3) is 4.63. The Labute approximate surface area is 180 Å². The number of hydrogen-bond acceptors (Lipinski definition) is 5. The Morgan fingerprint density at radius 1 is 1.13 bits per heavy atom. The average molecular weight is 426 g/mol. The second-order valence-corrected chi connectivity index (χ2v) is 7.56. The van der Waals surface area contributed by atoms with Crippen molar-refractivity contribution in [3.8, 4) is 0 Å². The van der Waals surface area contributed by atoms with Crippen LogP contribution in [0.25, 0.3) is 0 Å². The van der Waals surface area contributed by atoms with Crippen LogP contribution in [-0.2, 0) is 17.8 Å². The van der Waals surface area contributed by atoms with E-state index in [0.29, 0.717) is 29.5 Å². The summed E-state index contributed by atoms with van der Waals surface area (Å²) >= 11 is 6.47. The molecule has 1 saturated heterocycles. The van der Waals surface area contributed by atoms with E-state index in [1.807, 2.05) is 42.5 Å². The number of morpholine rings is 1. The molecule has 0 saturated carbocycles. The van der Waals surface area contributed by atoms with Crippen molar-refractivity contribution in [3.63, 3.8) is 0 Å². The van der Waals surface area contributed by atoms with E-state index in [9.17, 15) is 4.79 Å². The van der Waals surface area contributed by atoms with Crippen LogP contribution in [0.4, 0.5) is 5.82 Å². The van der Waals surface area contributed by atoms with Crippen molar-refractivity contribution in [1.82, 2.24) is 20.1 Å². The van der Waals surface area contributed by atoms with E-state index in [-0.39, 0.29) is 5.91 Å². The molecule has 2 aromatic heterocycles. The maximum atomic E-state index is 12.7. The van der Waals surface area contributed by atoms with Crippen LogP contribution in [0.2, 0.25) is 5.15 Å². The molecule has 1 aromatic carbocycles. The third-order valence-corrected chi connectivity index (χ3v) is 5.45. The van der Waals surface area contributed by atoms with Gasteiger partial charge < -0.3 is 15.0 Å². The van der Waals surface area contributed by atoms with Crippen LogP contribution < -0.4 is 10.2 Å². The van der Waals surface area contributed by atoms with Crippen molar-refractivity contribution >= 4 is 23.3 Å². The first-order chi connectivity index (χ1) is 14.6. The van der Waals surface area contributed by atoms with E-state index in [1.165, 1.54) is 0 Å². The number of halogens is 1. The summed E-state index contributed by atoms with van der Waals surface area (Å²) in [6.45, 7) is 5.80. The maximum Gasteiger partial charge on any atom is 0.256 e. The van der Waals surface area contributed by atoms with Crippen LogP contribution >= 0.6 is 11.6 Å². The number of nitrogens with zero attached hydrogens (tertiary/aromatic N) is 4. The van der Waals surface area contributed by atoms with Gasteiger partial charge in [0.2, 0.25) is 0 Å². The minimum atomic E-state index is -0.242. The summed E-state index contributed by atoms with van der Waals surface area (Å²) in [5.74, 6) is 0.684. The first-order valence-electron chi connectivity index (χ1n) is 9.94. The van der Waals surface area contributed by atoms with Gasteiger partial charge in [-0.2, -0.15) is 5.10 Å². The zero-order valence-electron chi connectivity index (χ0n) is 16.8. The zero-order chi connectivity index (χ0) is 20.9. The highest BCUT2D eigenvalue weighted by atomic mass is 35.5. The standard InChI is InChI=1S/C22H24ClN5O2/c1-16-20(21(23)28(26-16)15-17-5-3-2-4-6-17)22(29)25-14-18-7-8-19(24-13-18)27-9-11-30-12-10-27/h2-8,13H,9-12,14-15H2,1H3,(H,25,29). The number of aromatic nitrogens is 3. The summed E-state index contributed by atoms with van der Waals surface area (Å²) in [6.07, 6.45) is 1.79. The first kappa shape index (κ1) is 20.4. The topological polar surface area (TPSA) is 72.3 Å². The van der Waals surface area contributed by atoms with Gasteiger partial charge in [-0.25, -0.2) is 9.67 Å². The van der Waals surface area contributed by atoms with Crippen molar-refractivity contribution < 1.29 is 9.53 Å². The lowest BCUT2D eigenvalue weighted by Crippen LogP contribution is -2.36.